The fourth-order valence-corrected chi connectivity index (χ4v) is 3.13. The summed E-state index contributed by atoms with van der Waals surface area (Å²) in [6.07, 6.45) is 0. The van der Waals surface area contributed by atoms with Crippen LogP contribution in [0.3, 0.4) is 0 Å². The molecule has 0 radical (unpaired) electrons. The number of carbonyl (C=O) groups is 1. The van der Waals surface area contributed by atoms with Crippen molar-refractivity contribution in [2.24, 2.45) is 0 Å². The van der Waals surface area contributed by atoms with E-state index in [1.165, 1.54) is 28.2 Å². The van der Waals surface area contributed by atoms with Gasteiger partial charge >= 0.3 is 5.97 Å². The number of hydrogen-bond acceptors (Lipinski definition) is 4. The van der Waals surface area contributed by atoms with Gasteiger partial charge in [0.2, 0.25) is 0 Å². The lowest BCUT2D eigenvalue weighted by molar-refractivity contribution is 0.0606. The highest BCUT2D eigenvalue weighted by atomic mass is 32.1. The quantitative estimate of drug-likeness (QED) is 0.748. The number of hydrogen-bond donors (Lipinski definition) is 0. The summed E-state index contributed by atoms with van der Waals surface area (Å²) < 4.78 is 4.67. The number of methoxy groups -OCH3 is 1. The summed E-state index contributed by atoms with van der Waals surface area (Å²) >= 11 is 3.20. The topological polar surface area (TPSA) is 26.3 Å². The number of rotatable bonds is 2. The van der Waals surface area contributed by atoms with E-state index in [1.807, 2.05) is 6.07 Å². The highest BCUT2D eigenvalue weighted by molar-refractivity contribution is 7.23. The van der Waals surface area contributed by atoms with Gasteiger partial charge in [0.25, 0.3) is 0 Å². The molecule has 0 aliphatic rings. The molecular weight excluding hydrogens is 228 g/mol. The van der Waals surface area contributed by atoms with Crippen molar-refractivity contribution in [2.45, 2.75) is 6.92 Å². The van der Waals surface area contributed by atoms with Crippen LogP contribution in [-0.4, -0.2) is 13.1 Å². The zero-order chi connectivity index (χ0) is 10.8. The van der Waals surface area contributed by atoms with E-state index >= 15 is 0 Å². The lowest BCUT2D eigenvalue weighted by Gasteiger charge is -1.92. The summed E-state index contributed by atoms with van der Waals surface area (Å²) in [5.74, 6) is -0.264. The average molecular weight is 238 g/mol. The molecule has 78 valence electrons. The predicted molar refractivity (Wildman–Crippen MR) is 63.7 cm³/mol. The van der Waals surface area contributed by atoms with Crippen LogP contribution in [0.5, 0.6) is 0 Å². The Labute approximate surface area is 96.1 Å². The van der Waals surface area contributed by atoms with Crippen molar-refractivity contribution in [3.05, 3.63) is 34.0 Å². The first-order valence-electron chi connectivity index (χ1n) is 4.45. The molecule has 0 N–H and O–H groups in total. The van der Waals surface area contributed by atoms with Crippen LogP contribution in [0.4, 0.5) is 0 Å². The van der Waals surface area contributed by atoms with E-state index in [4.69, 9.17) is 0 Å². The van der Waals surface area contributed by atoms with Crippen molar-refractivity contribution in [2.75, 3.05) is 7.11 Å². The van der Waals surface area contributed by atoms with Crippen LogP contribution >= 0.6 is 22.7 Å². The molecule has 0 saturated carbocycles. The summed E-state index contributed by atoms with van der Waals surface area (Å²) in [7, 11) is 1.40. The van der Waals surface area contributed by atoms with E-state index < -0.39 is 0 Å². The number of esters is 1. The summed E-state index contributed by atoms with van der Waals surface area (Å²) in [4.78, 5) is 15.5. The van der Waals surface area contributed by atoms with Gasteiger partial charge in [0.05, 0.1) is 7.11 Å². The molecule has 2 heterocycles. The van der Waals surface area contributed by atoms with Gasteiger partial charge in [-0.2, -0.15) is 0 Å². The molecule has 0 bridgehead atoms. The van der Waals surface area contributed by atoms with E-state index in [0.29, 0.717) is 4.88 Å². The van der Waals surface area contributed by atoms with Gasteiger partial charge in [0.1, 0.15) is 4.88 Å². The minimum atomic E-state index is -0.264. The Bertz CT molecular complexity index is 482. The van der Waals surface area contributed by atoms with E-state index in [9.17, 15) is 4.79 Å². The lowest BCUT2D eigenvalue weighted by Crippen LogP contribution is -1.96. The van der Waals surface area contributed by atoms with Gasteiger partial charge in [-0.3, -0.25) is 0 Å². The predicted octanol–water partition coefficient (Wildman–Crippen LogP) is 3.57. The van der Waals surface area contributed by atoms with Crippen molar-refractivity contribution in [1.82, 2.24) is 0 Å². The first-order chi connectivity index (χ1) is 7.20. The second-order valence-electron chi connectivity index (χ2n) is 3.07. The molecule has 4 heteroatoms. The second-order valence-corrected chi connectivity index (χ2v) is 5.44. The molecule has 15 heavy (non-hydrogen) atoms. The molecule has 0 spiro atoms. The van der Waals surface area contributed by atoms with Crippen LogP contribution in [0.2, 0.25) is 0 Å². The Morgan fingerprint density at radius 3 is 2.40 bits per heavy atom. The molecule has 0 aromatic carbocycles. The summed E-state index contributed by atoms with van der Waals surface area (Å²) in [5, 5.41) is 0. The summed E-state index contributed by atoms with van der Waals surface area (Å²) in [6.45, 7) is 2.07. The van der Waals surface area contributed by atoms with Gasteiger partial charge in [0, 0.05) is 14.6 Å². The van der Waals surface area contributed by atoms with Crippen molar-refractivity contribution in [1.29, 1.82) is 0 Å². The lowest BCUT2D eigenvalue weighted by atomic mass is 10.3. The molecule has 0 atom stereocenters. The van der Waals surface area contributed by atoms with Crippen LogP contribution in [0.25, 0.3) is 9.75 Å². The Morgan fingerprint density at radius 1 is 1.13 bits per heavy atom. The molecule has 0 aliphatic carbocycles. The van der Waals surface area contributed by atoms with Crippen LogP contribution in [0.1, 0.15) is 14.5 Å². The van der Waals surface area contributed by atoms with E-state index in [-0.39, 0.29) is 5.97 Å². The highest BCUT2D eigenvalue weighted by Crippen LogP contribution is 2.33. The molecule has 0 amide bonds. The average Bonchev–Trinajstić information content (AvgIpc) is 2.84. The minimum Gasteiger partial charge on any atom is -0.465 e. The van der Waals surface area contributed by atoms with Crippen LogP contribution < -0.4 is 0 Å². The van der Waals surface area contributed by atoms with Crippen molar-refractivity contribution < 1.29 is 9.53 Å². The zero-order valence-corrected chi connectivity index (χ0v) is 10.1. The number of thiophene rings is 2. The van der Waals surface area contributed by atoms with Crippen LogP contribution in [0, 0.1) is 6.92 Å². The van der Waals surface area contributed by atoms with Gasteiger partial charge in [-0.15, -0.1) is 22.7 Å². The Morgan fingerprint density at radius 2 is 1.80 bits per heavy atom. The minimum absolute atomic E-state index is 0.264. The summed E-state index contributed by atoms with van der Waals surface area (Å²) in [6, 6.07) is 7.92. The number of carbonyl (C=O) groups excluding carboxylic acids is 1. The van der Waals surface area contributed by atoms with Crippen molar-refractivity contribution in [3.63, 3.8) is 0 Å². The second kappa shape index (κ2) is 4.16. The molecule has 0 fully saturated rings. The number of ether oxygens (including phenoxy) is 1. The third-order valence-corrected chi connectivity index (χ3v) is 4.24. The molecule has 0 saturated heterocycles. The maximum absolute atomic E-state index is 11.3. The number of aryl methyl sites for hydroxylation is 1. The maximum atomic E-state index is 11.3. The molecule has 0 aliphatic heterocycles. The van der Waals surface area contributed by atoms with Gasteiger partial charge in [-0.05, 0) is 31.2 Å². The van der Waals surface area contributed by atoms with Crippen molar-refractivity contribution in [3.8, 4) is 9.75 Å². The Hall–Kier alpha value is -1.13. The SMILES string of the molecule is COC(=O)c1ccc(-c2ccc(C)s2)s1. The first-order valence-corrected chi connectivity index (χ1v) is 6.09. The maximum Gasteiger partial charge on any atom is 0.348 e. The third kappa shape index (κ3) is 2.11. The Balaban J connectivity index is 2.31. The monoisotopic (exact) mass is 238 g/mol. The standard InChI is InChI=1S/C11H10O2S2/c1-7-3-4-8(14-7)9-5-6-10(15-9)11(12)13-2/h3-6H,1-2H3. The first kappa shape index (κ1) is 10.4. The van der Waals surface area contributed by atoms with Crippen LogP contribution in [-0.2, 0) is 4.74 Å². The van der Waals surface area contributed by atoms with E-state index in [1.54, 1.807) is 17.4 Å². The highest BCUT2D eigenvalue weighted by Gasteiger charge is 2.10. The fraction of sp³-hybridized carbons (Fsp3) is 0.182. The normalized spacial score (nSPS) is 10.3. The van der Waals surface area contributed by atoms with Gasteiger partial charge < -0.3 is 4.74 Å². The van der Waals surface area contributed by atoms with Gasteiger partial charge in [-0.1, -0.05) is 0 Å². The molecule has 2 aromatic rings. The molecule has 0 unspecified atom stereocenters. The third-order valence-electron chi connectivity index (χ3n) is 1.98. The molecule has 2 aromatic heterocycles. The molecule has 2 rings (SSSR count). The molecular formula is C11H10O2S2. The van der Waals surface area contributed by atoms with Gasteiger partial charge in [-0.25, -0.2) is 4.79 Å². The zero-order valence-electron chi connectivity index (χ0n) is 8.44. The van der Waals surface area contributed by atoms with E-state index in [0.717, 1.165) is 4.88 Å². The Kier molecular flexibility index (Phi) is 2.88. The van der Waals surface area contributed by atoms with Crippen LogP contribution in [0.15, 0.2) is 24.3 Å². The van der Waals surface area contributed by atoms with E-state index in [2.05, 4.69) is 23.8 Å². The summed E-state index contributed by atoms with van der Waals surface area (Å²) in [5.41, 5.74) is 0. The smallest absolute Gasteiger partial charge is 0.348 e. The largest absolute Gasteiger partial charge is 0.465 e. The van der Waals surface area contributed by atoms with Gasteiger partial charge in [0.15, 0.2) is 0 Å². The fourth-order valence-electron chi connectivity index (χ4n) is 1.25. The molecule has 2 nitrogen and oxygen atoms in total. The van der Waals surface area contributed by atoms with Crippen molar-refractivity contribution >= 4 is 28.6 Å².